The number of hydrogen-bond acceptors (Lipinski definition) is 5. The molecule has 5 rings (SSSR count). The molecule has 0 aliphatic heterocycles. The van der Waals surface area contributed by atoms with Gasteiger partial charge in [-0.25, -0.2) is 13.4 Å². The molecule has 0 saturated heterocycles. The van der Waals surface area contributed by atoms with Gasteiger partial charge in [-0.3, -0.25) is 9.55 Å². The molecule has 5 aromatic rings. The van der Waals surface area contributed by atoms with E-state index in [1.54, 1.807) is 37.5 Å². The fourth-order valence-corrected chi connectivity index (χ4v) is 4.92. The largest absolute Gasteiger partial charge is 0.487 e. The number of para-hydroxylation sites is 1. The number of fused-ring (bicyclic) bond motifs is 3. The van der Waals surface area contributed by atoms with E-state index in [1.807, 2.05) is 54.1 Å². The van der Waals surface area contributed by atoms with Crippen LogP contribution in [-0.4, -0.2) is 28.7 Å². The van der Waals surface area contributed by atoms with Crippen molar-refractivity contribution in [3.8, 4) is 11.4 Å². The highest BCUT2D eigenvalue weighted by atomic mass is 32.2. The number of pyridine rings is 2. The zero-order valence-electron chi connectivity index (χ0n) is 18.4. The van der Waals surface area contributed by atoms with Gasteiger partial charge in [0.1, 0.15) is 18.0 Å². The zero-order chi connectivity index (χ0) is 23.0. The van der Waals surface area contributed by atoms with Crippen molar-refractivity contribution in [1.29, 1.82) is 0 Å². The van der Waals surface area contributed by atoms with Crippen LogP contribution in [0.4, 0.5) is 0 Å². The minimum Gasteiger partial charge on any atom is -0.487 e. The highest BCUT2D eigenvalue weighted by Gasteiger charge is 2.19. The van der Waals surface area contributed by atoms with Crippen LogP contribution in [0.15, 0.2) is 84.1 Å². The fourth-order valence-electron chi connectivity index (χ4n) is 4.01. The zero-order valence-corrected chi connectivity index (χ0v) is 19.2. The van der Waals surface area contributed by atoms with Crippen molar-refractivity contribution in [1.82, 2.24) is 14.5 Å². The molecule has 0 atom stereocenters. The number of aromatic nitrogens is 3. The maximum absolute atomic E-state index is 12.6. The first-order chi connectivity index (χ1) is 16.0. The minimum atomic E-state index is -3.35. The van der Waals surface area contributed by atoms with Gasteiger partial charge in [0.2, 0.25) is 0 Å². The number of aryl methyl sites for hydroxylation is 1. The molecule has 0 spiro atoms. The lowest BCUT2D eigenvalue weighted by molar-refractivity contribution is 0.309. The molecule has 166 valence electrons. The Hall–Kier alpha value is -3.71. The monoisotopic (exact) mass is 457 g/mol. The maximum Gasteiger partial charge on any atom is 0.178 e. The second-order valence-electron chi connectivity index (χ2n) is 7.92. The average Bonchev–Trinajstić information content (AvgIpc) is 3.17. The number of benzene rings is 2. The number of hydrogen-bond donors (Lipinski definition) is 0. The van der Waals surface area contributed by atoms with Gasteiger partial charge in [-0.2, -0.15) is 0 Å². The molecule has 33 heavy (non-hydrogen) atoms. The summed E-state index contributed by atoms with van der Waals surface area (Å²) < 4.78 is 33.4. The third-order valence-electron chi connectivity index (χ3n) is 5.69. The molecule has 3 heterocycles. The van der Waals surface area contributed by atoms with Gasteiger partial charge >= 0.3 is 0 Å². The van der Waals surface area contributed by atoms with Gasteiger partial charge in [0.15, 0.2) is 9.84 Å². The van der Waals surface area contributed by atoms with Gasteiger partial charge in [0.25, 0.3) is 0 Å². The van der Waals surface area contributed by atoms with E-state index in [1.165, 1.54) is 0 Å². The number of sulfone groups is 1. The summed E-state index contributed by atoms with van der Waals surface area (Å²) in [5.41, 5.74) is 4.38. The smallest absolute Gasteiger partial charge is 0.178 e. The first-order valence-corrected chi connectivity index (χ1v) is 12.4. The van der Waals surface area contributed by atoms with E-state index in [2.05, 4.69) is 11.1 Å². The topological polar surface area (TPSA) is 74.1 Å². The molecule has 0 aliphatic carbocycles. The highest BCUT2D eigenvalue weighted by Crippen LogP contribution is 2.37. The van der Waals surface area contributed by atoms with Gasteiger partial charge in [0, 0.05) is 35.1 Å². The quantitative estimate of drug-likeness (QED) is 0.348. The fraction of sp³-hybridized carbons (Fsp3) is 0.154. The highest BCUT2D eigenvalue weighted by molar-refractivity contribution is 7.91. The van der Waals surface area contributed by atoms with E-state index in [0.29, 0.717) is 17.3 Å². The van der Waals surface area contributed by atoms with Crippen LogP contribution >= 0.6 is 0 Å². The Morgan fingerprint density at radius 3 is 2.55 bits per heavy atom. The minimum absolute atomic E-state index is 0.0430. The first-order valence-electron chi connectivity index (χ1n) is 10.7. The summed E-state index contributed by atoms with van der Waals surface area (Å²) in [6.07, 6.45) is 5.30. The lowest BCUT2D eigenvalue weighted by atomic mass is 10.1. The summed E-state index contributed by atoms with van der Waals surface area (Å²) in [5, 5.41) is 1.99. The summed E-state index contributed by atoms with van der Waals surface area (Å²) in [6.45, 7) is 4.05. The van der Waals surface area contributed by atoms with Gasteiger partial charge in [-0.1, -0.05) is 25.1 Å². The van der Waals surface area contributed by atoms with E-state index in [0.717, 1.165) is 38.8 Å². The first kappa shape index (κ1) is 21.2. The lowest BCUT2D eigenvalue weighted by Gasteiger charge is -2.13. The third-order valence-corrected chi connectivity index (χ3v) is 7.42. The van der Waals surface area contributed by atoms with Crippen molar-refractivity contribution in [3.05, 3.63) is 90.4 Å². The predicted octanol–water partition coefficient (Wildman–Crippen LogP) is 5.25. The van der Waals surface area contributed by atoms with Crippen molar-refractivity contribution in [2.45, 2.75) is 25.3 Å². The summed E-state index contributed by atoms with van der Waals surface area (Å²) in [4.78, 5) is 9.07. The molecule has 6 nitrogen and oxygen atoms in total. The van der Waals surface area contributed by atoms with Crippen LogP contribution in [0.25, 0.3) is 27.6 Å². The lowest BCUT2D eigenvalue weighted by Crippen LogP contribution is -2.05. The van der Waals surface area contributed by atoms with Crippen molar-refractivity contribution in [2.24, 2.45) is 0 Å². The van der Waals surface area contributed by atoms with Crippen LogP contribution in [0, 0.1) is 6.92 Å². The summed E-state index contributed by atoms with van der Waals surface area (Å²) >= 11 is 0. The second kappa shape index (κ2) is 8.33. The van der Waals surface area contributed by atoms with Gasteiger partial charge in [-0.05, 0) is 60.5 Å². The van der Waals surface area contributed by atoms with Gasteiger partial charge < -0.3 is 4.74 Å². The van der Waals surface area contributed by atoms with Crippen molar-refractivity contribution in [3.63, 3.8) is 0 Å². The molecule has 3 aromatic heterocycles. The Kier molecular flexibility index (Phi) is 5.34. The summed E-state index contributed by atoms with van der Waals surface area (Å²) in [5.74, 6) is 0.741. The van der Waals surface area contributed by atoms with E-state index >= 15 is 0 Å². The van der Waals surface area contributed by atoms with Crippen molar-refractivity contribution >= 4 is 31.8 Å². The standard InChI is InChI=1S/C26H23N3O3S/c1-3-33(30,31)21-7-4-6-20(15-21)29-25-22(23-14-18(2)16-28-26(23)29)8-5-9-24(25)32-17-19-10-12-27-13-11-19/h4-16H,3,17H2,1-2H3. The molecule has 0 N–H and O–H groups in total. The Labute approximate surface area is 192 Å². The van der Waals surface area contributed by atoms with Crippen LogP contribution in [0.5, 0.6) is 5.75 Å². The molecule has 0 aliphatic rings. The normalized spacial score (nSPS) is 11.8. The molecular weight excluding hydrogens is 434 g/mol. The SMILES string of the molecule is CCS(=O)(=O)c1cccc(-n2c3ncc(C)cc3c3cccc(OCc4ccncc4)c32)c1. The van der Waals surface area contributed by atoms with E-state index < -0.39 is 9.84 Å². The molecule has 0 amide bonds. The molecule has 0 saturated carbocycles. The Bertz CT molecular complexity index is 1580. The van der Waals surface area contributed by atoms with Gasteiger partial charge in [0.05, 0.1) is 16.2 Å². The molecule has 7 heteroatoms. The van der Waals surface area contributed by atoms with Crippen LogP contribution in [0.1, 0.15) is 18.1 Å². The van der Waals surface area contributed by atoms with Crippen molar-refractivity contribution in [2.75, 3.05) is 5.75 Å². The Morgan fingerprint density at radius 1 is 0.970 bits per heavy atom. The summed E-state index contributed by atoms with van der Waals surface area (Å²) in [7, 11) is -3.35. The second-order valence-corrected chi connectivity index (χ2v) is 10.2. The molecule has 0 unspecified atom stereocenters. The van der Waals surface area contributed by atoms with Crippen LogP contribution in [0.3, 0.4) is 0 Å². The third kappa shape index (κ3) is 3.85. The number of rotatable bonds is 6. The van der Waals surface area contributed by atoms with E-state index in [-0.39, 0.29) is 5.75 Å². The number of ether oxygens (including phenoxy) is 1. The van der Waals surface area contributed by atoms with Gasteiger partial charge in [-0.15, -0.1) is 0 Å². The summed E-state index contributed by atoms with van der Waals surface area (Å²) in [6, 6.07) is 18.9. The molecular formula is C26H23N3O3S. The number of nitrogens with zero attached hydrogens (tertiary/aromatic N) is 3. The average molecular weight is 458 g/mol. The van der Waals surface area contributed by atoms with Crippen LogP contribution < -0.4 is 4.74 Å². The molecule has 0 fully saturated rings. The Morgan fingerprint density at radius 2 is 1.76 bits per heavy atom. The van der Waals surface area contributed by atoms with Crippen LogP contribution in [0.2, 0.25) is 0 Å². The molecule has 0 radical (unpaired) electrons. The molecule has 0 bridgehead atoms. The Balaban J connectivity index is 1.76. The van der Waals surface area contributed by atoms with E-state index in [4.69, 9.17) is 9.72 Å². The molecule has 2 aromatic carbocycles. The predicted molar refractivity (Wildman–Crippen MR) is 130 cm³/mol. The van der Waals surface area contributed by atoms with Crippen LogP contribution in [-0.2, 0) is 16.4 Å². The maximum atomic E-state index is 12.6. The van der Waals surface area contributed by atoms with E-state index in [9.17, 15) is 8.42 Å². The van der Waals surface area contributed by atoms with Crippen molar-refractivity contribution < 1.29 is 13.2 Å².